The number of ether oxygens (including phenoxy) is 2. The molecule has 1 aromatic rings. The van der Waals surface area contributed by atoms with Crippen molar-refractivity contribution in [2.75, 3.05) is 14.2 Å². The summed E-state index contributed by atoms with van der Waals surface area (Å²) in [6.45, 7) is 3.81. The number of allylic oxidation sites excluding steroid dienone is 2. The van der Waals surface area contributed by atoms with Crippen LogP contribution in [0.15, 0.2) is 54.0 Å². The summed E-state index contributed by atoms with van der Waals surface area (Å²) >= 11 is 0.189. The Bertz CT molecular complexity index is 611. The van der Waals surface area contributed by atoms with Crippen molar-refractivity contribution < 1.29 is 19.1 Å². The number of carbonyl (C=O) groups excluding carboxylic acids is 2. The summed E-state index contributed by atoms with van der Waals surface area (Å²) < 4.78 is 11.1. The fourth-order valence-electron chi connectivity index (χ4n) is 3.21. The van der Waals surface area contributed by atoms with Gasteiger partial charge in [0.1, 0.15) is 0 Å². The molecule has 1 saturated carbocycles. The Morgan fingerprint density at radius 1 is 1.08 bits per heavy atom. The number of hydrogen-bond donors (Lipinski definition) is 0. The van der Waals surface area contributed by atoms with Crippen LogP contribution in [0, 0.1) is 23.7 Å². The molecule has 4 nitrogen and oxygen atoms in total. The van der Waals surface area contributed by atoms with Crippen molar-refractivity contribution in [1.82, 2.24) is 0 Å². The molecule has 4 atom stereocenters. The van der Waals surface area contributed by atoms with Crippen LogP contribution in [0.5, 0.6) is 0 Å². The Balaban J connectivity index is 2.18. The molecule has 2 rings (SSSR count). The Hall–Kier alpha value is -1.84. The van der Waals surface area contributed by atoms with E-state index in [2.05, 4.69) is 23.7 Å². The summed E-state index contributed by atoms with van der Waals surface area (Å²) in [5, 5.41) is 0. The molecular weight excluding hydrogens is 371 g/mol. The van der Waals surface area contributed by atoms with Crippen molar-refractivity contribution >= 4 is 31.4 Å². The molecule has 1 aliphatic carbocycles. The monoisotopic (exact) mass is 394 g/mol. The van der Waals surface area contributed by atoms with Gasteiger partial charge in [-0.25, -0.2) is 0 Å². The maximum atomic E-state index is 12.3. The number of hydrogen-bond acceptors (Lipinski definition) is 4. The number of carbonyl (C=O) groups is 2. The van der Waals surface area contributed by atoms with E-state index < -0.39 is 11.8 Å². The third-order valence-electron chi connectivity index (χ3n) is 4.38. The number of rotatable bonds is 6. The molecule has 128 valence electrons. The van der Waals surface area contributed by atoms with Crippen molar-refractivity contribution in [3.63, 3.8) is 0 Å². The molecule has 0 N–H and O–H groups in total. The molecule has 5 heteroatoms. The molecule has 1 aliphatic rings. The van der Waals surface area contributed by atoms with Gasteiger partial charge in [-0.2, -0.15) is 0 Å². The topological polar surface area (TPSA) is 52.6 Å². The number of methoxy groups -OCH3 is 2. The molecule has 0 aliphatic heterocycles. The van der Waals surface area contributed by atoms with Crippen LogP contribution in [0.4, 0.5) is 0 Å². The molecule has 0 aromatic heterocycles. The minimum absolute atomic E-state index is 0.0462. The SMILES string of the molecule is C=CC1CC(/C=C/[Se]c2ccccc2)C(C(=O)OC)C1C(=O)OC. The quantitative estimate of drug-likeness (QED) is 0.421. The normalized spacial score (nSPS) is 26.2. The standard InChI is InChI=1S/C19H22O4Se/c1-4-13-12-14(10-11-24-15-8-6-5-7-9-15)17(19(21)23-3)16(13)18(20)22-2/h4-11,13-14,16-17H,1,12H2,2-3H3/b11-10+. The Morgan fingerprint density at radius 2 is 1.67 bits per heavy atom. The van der Waals surface area contributed by atoms with E-state index in [-0.39, 0.29) is 38.7 Å². The fraction of sp³-hybridized carbons (Fsp3) is 0.368. The van der Waals surface area contributed by atoms with Crippen LogP contribution in [0.25, 0.3) is 0 Å². The van der Waals surface area contributed by atoms with Crippen LogP contribution < -0.4 is 4.46 Å². The summed E-state index contributed by atoms with van der Waals surface area (Å²) in [6.07, 6.45) is 4.49. The first-order valence-corrected chi connectivity index (χ1v) is 9.63. The zero-order valence-corrected chi connectivity index (χ0v) is 15.6. The summed E-state index contributed by atoms with van der Waals surface area (Å²) in [5.41, 5.74) is 0. The third-order valence-corrected chi connectivity index (χ3v) is 6.13. The van der Waals surface area contributed by atoms with Crippen molar-refractivity contribution in [1.29, 1.82) is 0 Å². The van der Waals surface area contributed by atoms with Crippen molar-refractivity contribution in [3.05, 3.63) is 54.0 Å². The molecule has 0 saturated heterocycles. The maximum absolute atomic E-state index is 12.3. The fourth-order valence-corrected chi connectivity index (χ4v) is 4.79. The predicted octanol–water partition coefficient (Wildman–Crippen LogP) is 1.93. The molecular formula is C19H22O4Se. The van der Waals surface area contributed by atoms with E-state index in [9.17, 15) is 9.59 Å². The van der Waals surface area contributed by atoms with Gasteiger partial charge in [-0.1, -0.05) is 0 Å². The first-order chi connectivity index (χ1) is 11.6. The van der Waals surface area contributed by atoms with Crippen LogP contribution in [0.3, 0.4) is 0 Å². The number of benzene rings is 1. The molecule has 0 amide bonds. The zero-order valence-electron chi connectivity index (χ0n) is 13.9. The van der Waals surface area contributed by atoms with Crippen LogP contribution in [-0.4, -0.2) is 41.1 Å². The Labute approximate surface area is 149 Å². The second-order valence-electron chi connectivity index (χ2n) is 5.66. The van der Waals surface area contributed by atoms with Gasteiger partial charge in [-0.05, 0) is 0 Å². The van der Waals surface area contributed by atoms with Gasteiger partial charge in [-0.15, -0.1) is 0 Å². The van der Waals surface area contributed by atoms with Gasteiger partial charge in [0.2, 0.25) is 0 Å². The third kappa shape index (κ3) is 4.16. The molecule has 24 heavy (non-hydrogen) atoms. The summed E-state index contributed by atoms with van der Waals surface area (Å²) in [6, 6.07) is 10.2. The molecule has 4 unspecified atom stereocenters. The minimum atomic E-state index is -0.529. The first-order valence-electron chi connectivity index (χ1n) is 7.79. The van der Waals surface area contributed by atoms with Gasteiger partial charge in [0.25, 0.3) is 0 Å². The molecule has 0 radical (unpaired) electrons. The van der Waals surface area contributed by atoms with Crippen molar-refractivity contribution in [2.24, 2.45) is 23.7 Å². The second kappa shape index (κ2) is 8.86. The van der Waals surface area contributed by atoms with E-state index >= 15 is 0 Å². The second-order valence-corrected chi connectivity index (χ2v) is 7.71. The van der Waals surface area contributed by atoms with Gasteiger partial charge in [0.05, 0.1) is 0 Å². The summed E-state index contributed by atoms with van der Waals surface area (Å²) in [5.74, 6) is -1.92. The van der Waals surface area contributed by atoms with Gasteiger partial charge >= 0.3 is 149 Å². The molecule has 0 bridgehead atoms. The van der Waals surface area contributed by atoms with Crippen LogP contribution in [0.1, 0.15) is 6.42 Å². The van der Waals surface area contributed by atoms with Gasteiger partial charge in [0, 0.05) is 0 Å². The average Bonchev–Trinajstić information content (AvgIpc) is 2.99. The first kappa shape index (κ1) is 18.5. The van der Waals surface area contributed by atoms with E-state index in [1.54, 1.807) is 6.08 Å². The molecule has 1 fully saturated rings. The summed E-state index contributed by atoms with van der Waals surface area (Å²) in [4.78, 5) is 26.5. The van der Waals surface area contributed by atoms with Gasteiger partial charge < -0.3 is 0 Å². The molecule has 0 spiro atoms. The van der Waals surface area contributed by atoms with Crippen LogP contribution in [-0.2, 0) is 19.1 Å². The number of esters is 2. The Kier molecular flexibility index (Phi) is 6.83. The molecule has 1 aromatic carbocycles. The Morgan fingerprint density at radius 3 is 2.21 bits per heavy atom. The van der Waals surface area contributed by atoms with Crippen molar-refractivity contribution in [2.45, 2.75) is 6.42 Å². The van der Waals surface area contributed by atoms with E-state index in [1.165, 1.54) is 18.7 Å². The van der Waals surface area contributed by atoms with E-state index in [1.807, 2.05) is 24.3 Å². The zero-order chi connectivity index (χ0) is 17.5. The predicted molar refractivity (Wildman–Crippen MR) is 93.8 cm³/mol. The van der Waals surface area contributed by atoms with E-state index in [0.717, 1.165) is 0 Å². The van der Waals surface area contributed by atoms with Gasteiger partial charge in [-0.3, -0.25) is 0 Å². The summed E-state index contributed by atoms with van der Waals surface area (Å²) in [7, 11) is 2.70. The van der Waals surface area contributed by atoms with Crippen molar-refractivity contribution in [3.8, 4) is 0 Å². The van der Waals surface area contributed by atoms with E-state index in [4.69, 9.17) is 9.47 Å². The van der Waals surface area contributed by atoms with Crippen LogP contribution >= 0.6 is 0 Å². The van der Waals surface area contributed by atoms with E-state index in [0.29, 0.717) is 6.42 Å². The van der Waals surface area contributed by atoms with Gasteiger partial charge in [0.15, 0.2) is 0 Å². The average molecular weight is 393 g/mol. The molecule has 0 heterocycles. The van der Waals surface area contributed by atoms with Crippen LogP contribution in [0.2, 0.25) is 0 Å².